The van der Waals surface area contributed by atoms with Gasteiger partial charge in [0.1, 0.15) is 6.61 Å². The molecule has 1 aromatic rings. The smallest absolute Gasteiger partial charge is 0.311 e. The first-order chi connectivity index (χ1) is 7.20. The van der Waals surface area contributed by atoms with Crippen LogP contribution in [0.3, 0.4) is 0 Å². The molecule has 80 valence electrons. The molecule has 0 bridgehead atoms. The molecule has 0 radical (unpaired) electrons. The second kappa shape index (κ2) is 5.80. The zero-order valence-corrected chi connectivity index (χ0v) is 8.46. The van der Waals surface area contributed by atoms with Crippen molar-refractivity contribution in [1.29, 1.82) is 0 Å². The van der Waals surface area contributed by atoms with Crippen molar-refractivity contribution >= 4 is 12.2 Å². The first-order valence-electron chi connectivity index (χ1n) is 4.62. The fourth-order valence-corrected chi connectivity index (χ4v) is 0.884. The molecule has 0 fully saturated rings. The lowest BCUT2D eigenvalue weighted by atomic mass is 10.2. The van der Waals surface area contributed by atoms with Crippen LogP contribution in [-0.4, -0.2) is 17.3 Å². The van der Waals surface area contributed by atoms with Crippen molar-refractivity contribution in [3.63, 3.8) is 0 Å². The van der Waals surface area contributed by atoms with Crippen molar-refractivity contribution in [3.05, 3.63) is 35.9 Å². The Bertz CT molecular complexity index is 335. The summed E-state index contributed by atoms with van der Waals surface area (Å²) < 4.78 is 0. The number of carbonyl (C=O) groups is 1. The molecule has 0 saturated heterocycles. The molecule has 0 aliphatic heterocycles. The molecule has 4 heteroatoms. The number of carboxylic acids is 1. The van der Waals surface area contributed by atoms with E-state index in [-0.39, 0.29) is 0 Å². The lowest BCUT2D eigenvalue weighted by Gasteiger charge is -2.00. The minimum Gasteiger partial charge on any atom is -0.481 e. The van der Waals surface area contributed by atoms with E-state index in [9.17, 15) is 4.79 Å². The van der Waals surface area contributed by atoms with Crippen LogP contribution in [0, 0.1) is 5.92 Å². The predicted molar refractivity (Wildman–Crippen MR) is 56.5 cm³/mol. The van der Waals surface area contributed by atoms with Crippen LogP contribution in [0.25, 0.3) is 0 Å². The topological polar surface area (TPSA) is 58.9 Å². The molecule has 1 N–H and O–H groups in total. The van der Waals surface area contributed by atoms with E-state index in [0.717, 1.165) is 5.56 Å². The fourth-order valence-electron chi connectivity index (χ4n) is 0.884. The maximum atomic E-state index is 10.4. The molecule has 0 aliphatic carbocycles. The summed E-state index contributed by atoms with van der Waals surface area (Å²) in [4.78, 5) is 15.4. The van der Waals surface area contributed by atoms with Gasteiger partial charge in [0.05, 0.1) is 12.1 Å². The van der Waals surface area contributed by atoms with Crippen LogP contribution in [0.1, 0.15) is 12.5 Å². The zero-order chi connectivity index (χ0) is 11.1. The Balaban J connectivity index is 2.31. The highest BCUT2D eigenvalue weighted by Gasteiger charge is 2.06. The summed E-state index contributed by atoms with van der Waals surface area (Å²) in [7, 11) is 0. The van der Waals surface area contributed by atoms with E-state index in [2.05, 4.69) is 5.16 Å². The molecule has 1 aromatic carbocycles. The number of rotatable bonds is 5. The highest BCUT2D eigenvalue weighted by molar-refractivity contribution is 5.87. The van der Waals surface area contributed by atoms with E-state index >= 15 is 0 Å². The van der Waals surface area contributed by atoms with Gasteiger partial charge in [0.25, 0.3) is 0 Å². The van der Waals surface area contributed by atoms with E-state index in [1.165, 1.54) is 13.1 Å². The second-order valence-corrected chi connectivity index (χ2v) is 3.14. The minimum atomic E-state index is -0.915. The maximum absolute atomic E-state index is 10.4. The average Bonchev–Trinajstić information content (AvgIpc) is 2.25. The molecule has 1 unspecified atom stereocenters. The predicted octanol–water partition coefficient (Wildman–Crippen LogP) is 1.91. The quantitative estimate of drug-likeness (QED) is 0.592. The minimum absolute atomic E-state index is 0.351. The lowest BCUT2D eigenvalue weighted by Crippen LogP contribution is -2.10. The Hall–Kier alpha value is -1.84. The molecule has 0 amide bonds. The Morgan fingerprint density at radius 2 is 2.20 bits per heavy atom. The standard InChI is InChI=1S/C11H13NO3/c1-9(11(13)14)7-12-15-8-10-5-3-2-4-6-10/h2-7,9H,8H2,1H3,(H,13,14)/b12-7+. The maximum Gasteiger partial charge on any atom is 0.311 e. The van der Waals surface area contributed by atoms with Gasteiger partial charge in [0, 0.05) is 0 Å². The third-order valence-corrected chi connectivity index (χ3v) is 1.82. The van der Waals surface area contributed by atoms with Gasteiger partial charge in [-0.1, -0.05) is 35.5 Å². The Labute approximate surface area is 88.2 Å². The summed E-state index contributed by atoms with van der Waals surface area (Å²) in [6, 6.07) is 9.55. The largest absolute Gasteiger partial charge is 0.481 e. The molecule has 15 heavy (non-hydrogen) atoms. The normalized spacial score (nSPS) is 12.6. The van der Waals surface area contributed by atoms with Crippen LogP contribution in [0.4, 0.5) is 0 Å². The Morgan fingerprint density at radius 3 is 2.80 bits per heavy atom. The summed E-state index contributed by atoms with van der Waals surface area (Å²) in [6.45, 7) is 1.89. The van der Waals surface area contributed by atoms with E-state index in [4.69, 9.17) is 9.94 Å². The summed E-state index contributed by atoms with van der Waals surface area (Å²) in [5.41, 5.74) is 0.998. The van der Waals surface area contributed by atoms with Gasteiger partial charge in [-0.15, -0.1) is 0 Å². The van der Waals surface area contributed by atoms with Gasteiger partial charge in [0.15, 0.2) is 0 Å². The fraction of sp³-hybridized carbons (Fsp3) is 0.273. The molecular weight excluding hydrogens is 194 g/mol. The van der Waals surface area contributed by atoms with Crippen molar-refractivity contribution in [3.8, 4) is 0 Å². The monoisotopic (exact) mass is 207 g/mol. The molecule has 0 heterocycles. The van der Waals surface area contributed by atoms with Gasteiger partial charge in [-0.05, 0) is 12.5 Å². The zero-order valence-electron chi connectivity index (χ0n) is 8.46. The third-order valence-electron chi connectivity index (χ3n) is 1.82. The highest BCUT2D eigenvalue weighted by Crippen LogP contribution is 2.00. The van der Waals surface area contributed by atoms with Gasteiger partial charge in [-0.2, -0.15) is 0 Å². The van der Waals surface area contributed by atoms with E-state index < -0.39 is 11.9 Å². The number of oxime groups is 1. The Kier molecular flexibility index (Phi) is 4.34. The average molecular weight is 207 g/mol. The number of benzene rings is 1. The van der Waals surface area contributed by atoms with Crippen LogP contribution in [0.15, 0.2) is 35.5 Å². The molecule has 0 aliphatic rings. The Morgan fingerprint density at radius 1 is 1.53 bits per heavy atom. The molecule has 0 spiro atoms. The molecular formula is C11H13NO3. The molecule has 1 rings (SSSR count). The highest BCUT2D eigenvalue weighted by atomic mass is 16.6. The first-order valence-corrected chi connectivity index (χ1v) is 4.62. The molecule has 1 atom stereocenters. The van der Waals surface area contributed by atoms with E-state index in [0.29, 0.717) is 6.61 Å². The van der Waals surface area contributed by atoms with E-state index in [1.54, 1.807) is 0 Å². The third kappa shape index (κ3) is 4.26. The van der Waals surface area contributed by atoms with Gasteiger partial charge in [-0.25, -0.2) is 0 Å². The lowest BCUT2D eigenvalue weighted by molar-refractivity contribution is -0.138. The van der Waals surface area contributed by atoms with Gasteiger partial charge >= 0.3 is 5.97 Å². The van der Waals surface area contributed by atoms with Crippen LogP contribution in [-0.2, 0) is 16.2 Å². The van der Waals surface area contributed by atoms with Crippen LogP contribution < -0.4 is 0 Å². The summed E-state index contributed by atoms with van der Waals surface area (Å²) in [5, 5.41) is 12.1. The summed E-state index contributed by atoms with van der Waals surface area (Å²) in [6.07, 6.45) is 1.27. The van der Waals surface area contributed by atoms with Crippen LogP contribution >= 0.6 is 0 Å². The van der Waals surface area contributed by atoms with Crippen molar-refractivity contribution in [2.24, 2.45) is 11.1 Å². The first kappa shape index (κ1) is 11.2. The van der Waals surface area contributed by atoms with Gasteiger partial charge < -0.3 is 9.94 Å². The molecule has 0 aromatic heterocycles. The van der Waals surface area contributed by atoms with Crippen molar-refractivity contribution in [2.75, 3.05) is 0 Å². The van der Waals surface area contributed by atoms with Crippen molar-refractivity contribution in [1.82, 2.24) is 0 Å². The number of hydrogen-bond acceptors (Lipinski definition) is 3. The number of carboxylic acid groups (broad SMARTS) is 1. The van der Waals surface area contributed by atoms with E-state index in [1.807, 2.05) is 30.3 Å². The SMILES string of the molecule is CC(/C=N/OCc1ccccc1)C(=O)O. The van der Waals surface area contributed by atoms with Gasteiger partial charge in [0.2, 0.25) is 0 Å². The summed E-state index contributed by atoms with van der Waals surface area (Å²) >= 11 is 0. The molecule has 0 saturated carbocycles. The van der Waals surface area contributed by atoms with Crippen molar-refractivity contribution < 1.29 is 14.7 Å². The number of nitrogens with zero attached hydrogens (tertiary/aromatic N) is 1. The number of aliphatic carboxylic acids is 1. The molecule has 4 nitrogen and oxygen atoms in total. The number of hydrogen-bond donors (Lipinski definition) is 1. The van der Waals surface area contributed by atoms with Crippen LogP contribution in [0.2, 0.25) is 0 Å². The van der Waals surface area contributed by atoms with Gasteiger partial charge in [-0.3, -0.25) is 4.79 Å². The summed E-state index contributed by atoms with van der Waals surface area (Å²) in [5.74, 6) is -1.54. The van der Waals surface area contributed by atoms with Crippen molar-refractivity contribution in [2.45, 2.75) is 13.5 Å². The van der Waals surface area contributed by atoms with Crippen LogP contribution in [0.5, 0.6) is 0 Å². The second-order valence-electron chi connectivity index (χ2n) is 3.14.